The van der Waals surface area contributed by atoms with E-state index < -0.39 is 0 Å². The third-order valence-corrected chi connectivity index (χ3v) is 6.21. The summed E-state index contributed by atoms with van der Waals surface area (Å²) in [6.07, 6.45) is 3.58. The highest BCUT2D eigenvalue weighted by Gasteiger charge is 2.36. The zero-order chi connectivity index (χ0) is 24.1. The number of nitrogens with zero attached hydrogens (tertiary/aromatic N) is 4. The Kier molecular flexibility index (Phi) is 6.95. The second kappa shape index (κ2) is 10.1. The van der Waals surface area contributed by atoms with Gasteiger partial charge in [-0.2, -0.15) is 0 Å². The summed E-state index contributed by atoms with van der Waals surface area (Å²) in [6, 6.07) is 13.0. The maximum atomic E-state index is 13.5. The molecule has 178 valence electrons. The van der Waals surface area contributed by atoms with Crippen LogP contribution >= 0.6 is 0 Å². The summed E-state index contributed by atoms with van der Waals surface area (Å²) >= 11 is 0. The van der Waals surface area contributed by atoms with Gasteiger partial charge in [0.1, 0.15) is 18.2 Å². The highest BCUT2D eigenvalue weighted by molar-refractivity contribution is 5.95. The van der Waals surface area contributed by atoms with Crippen LogP contribution in [-0.4, -0.2) is 53.0 Å². The zero-order valence-electron chi connectivity index (χ0n) is 20.2. The van der Waals surface area contributed by atoms with Gasteiger partial charge in [0.25, 0.3) is 5.91 Å². The summed E-state index contributed by atoms with van der Waals surface area (Å²) in [5.74, 6) is 2.57. The number of hydrogen-bond acceptors (Lipinski definition) is 7. The Morgan fingerprint density at radius 1 is 1.18 bits per heavy atom. The summed E-state index contributed by atoms with van der Waals surface area (Å²) < 4.78 is 11.4. The lowest BCUT2D eigenvalue weighted by Gasteiger charge is -2.40. The first-order chi connectivity index (χ1) is 16.4. The largest absolute Gasteiger partial charge is 0.493 e. The first kappa shape index (κ1) is 23.5. The van der Waals surface area contributed by atoms with Gasteiger partial charge in [0.2, 0.25) is 0 Å². The molecule has 1 fully saturated rings. The van der Waals surface area contributed by atoms with Gasteiger partial charge in [0.15, 0.2) is 11.5 Å². The summed E-state index contributed by atoms with van der Waals surface area (Å²) in [7, 11) is 3.44. The molecule has 1 atom stereocenters. The molecule has 8 heteroatoms. The third-order valence-electron chi connectivity index (χ3n) is 6.21. The van der Waals surface area contributed by atoms with E-state index in [0.29, 0.717) is 30.2 Å². The Morgan fingerprint density at radius 3 is 2.76 bits per heavy atom. The van der Waals surface area contributed by atoms with E-state index in [9.17, 15) is 4.79 Å². The van der Waals surface area contributed by atoms with Crippen LogP contribution in [0.15, 0.2) is 48.7 Å². The molecule has 34 heavy (non-hydrogen) atoms. The molecule has 1 amide bonds. The molecule has 0 unspecified atom stereocenters. The van der Waals surface area contributed by atoms with Crippen molar-refractivity contribution in [2.75, 3.05) is 32.6 Å². The van der Waals surface area contributed by atoms with Gasteiger partial charge in [0, 0.05) is 43.4 Å². The number of nitrogens with one attached hydrogen (secondary N) is 1. The van der Waals surface area contributed by atoms with Crippen LogP contribution in [0.2, 0.25) is 0 Å². The summed E-state index contributed by atoms with van der Waals surface area (Å²) in [5.41, 5.74) is 2.07. The van der Waals surface area contributed by atoms with Crippen LogP contribution in [0.5, 0.6) is 11.5 Å². The van der Waals surface area contributed by atoms with E-state index >= 15 is 0 Å². The predicted molar refractivity (Wildman–Crippen MR) is 130 cm³/mol. The number of likely N-dealkylation sites (tertiary alicyclic amines) is 1. The Bertz CT molecular complexity index is 1150. The molecule has 1 aromatic carbocycles. The summed E-state index contributed by atoms with van der Waals surface area (Å²) in [5, 5.41) is 3.10. The molecule has 1 aliphatic heterocycles. The molecular formula is C26H31N5O3. The maximum absolute atomic E-state index is 13.5. The number of carbonyl (C=O) groups is 1. The van der Waals surface area contributed by atoms with E-state index in [1.807, 2.05) is 43.1 Å². The molecule has 3 aromatic rings. The quantitative estimate of drug-likeness (QED) is 0.569. The van der Waals surface area contributed by atoms with E-state index in [4.69, 9.17) is 14.5 Å². The minimum atomic E-state index is -0.252. The van der Waals surface area contributed by atoms with Crippen molar-refractivity contribution >= 4 is 11.7 Å². The minimum absolute atomic E-state index is 0.0316. The second-order valence-electron chi connectivity index (χ2n) is 8.80. The van der Waals surface area contributed by atoms with E-state index in [1.54, 1.807) is 31.5 Å². The Morgan fingerprint density at radius 2 is 2.03 bits per heavy atom. The molecule has 4 rings (SSSR count). The molecule has 0 aliphatic carbocycles. The Hall–Kier alpha value is -3.68. The van der Waals surface area contributed by atoms with Crippen molar-refractivity contribution in [1.29, 1.82) is 0 Å². The van der Waals surface area contributed by atoms with Crippen molar-refractivity contribution in [2.24, 2.45) is 0 Å². The van der Waals surface area contributed by atoms with Crippen molar-refractivity contribution in [3.05, 3.63) is 71.4 Å². The Balaban J connectivity index is 1.54. The number of aromatic nitrogens is 3. The number of piperidine rings is 1. The number of benzene rings is 1. The van der Waals surface area contributed by atoms with E-state index in [-0.39, 0.29) is 17.9 Å². The van der Waals surface area contributed by atoms with Gasteiger partial charge in [-0.05, 0) is 50.1 Å². The number of carbonyl (C=O) groups excluding carboxylic acids is 1. The van der Waals surface area contributed by atoms with E-state index in [1.165, 1.54) is 0 Å². The van der Waals surface area contributed by atoms with Crippen molar-refractivity contribution in [2.45, 2.75) is 38.7 Å². The zero-order valence-corrected chi connectivity index (χ0v) is 20.2. The second-order valence-corrected chi connectivity index (χ2v) is 8.80. The van der Waals surface area contributed by atoms with Gasteiger partial charge in [-0.1, -0.05) is 13.0 Å². The monoisotopic (exact) mass is 461 g/mol. The molecule has 0 spiro atoms. The lowest BCUT2D eigenvalue weighted by molar-refractivity contribution is 0.0647. The standard InChI is InChI=1S/C26H31N5O3/c1-18-29-23(15-24(27-3)30-18)26(2)11-7-13-31(17-26)25(32)19-9-10-21(33-4)22(14-19)34-16-20-8-5-6-12-28-20/h5-6,8-10,12,14-15H,7,11,13,16-17H2,1-4H3,(H,27,29,30)/t26-/m0/s1. The molecule has 1 aliphatic rings. The SMILES string of the molecule is CNc1cc([C@@]2(C)CCCN(C(=O)c3ccc(OC)c(OCc4ccccn4)c3)C2)nc(C)n1. The van der Waals surface area contributed by atoms with Crippen LogP contribution in [0.3, 0.4) is 0 Å². The van der Waals surface area contributed by atoms with Crippen LogP contribution in [0.1, 0.15) is 47.3 Å². The molecule has 0 bridgehead atoms. The number of anilines is 1. The fraction of sp³-hybridized carbons (Fsp3) is 0.385. The minimum Gasteiger partial charge on any atom is -0.493 e. The molecule has 3 heterocycles. The van der Waals surface area contributed by atoms with Crippen LogP contribution < -0.4 is 14.8 Å². The number of rotatable bonds is 7. The van der Waals surface area contributed by atoms with Crippen LogP contribution in [0, 0.1) is 6.92 Å². The fourth-order valence-electron chi connectivity index (χ4n) is 4.37. The smallest absolute Gasteiger partial charge is 0.254 e. The topological polar surface area (TPSA) is 89.5 Å². The average Bonchev–Trinajstić information content (AvgIpc) is 2.87. The fourth-order valence-corrected chi connectivity index (χ4v) is 4.37. The predicted octanol–water partition coefficient (Wildman–Crippen LogP) is 4.00. The molecule has 1 saturated heterocycles. The lowest BCUT2D eigenvalue weighted by Crippen LogP contribution is -2.47. The Labute approximate surface area is 200 Å². The third kappa shape index (κ3) is 5.11. The first-order valence-electron chi connectivity index (χ1n) is 11.5. The van der Waals surface area contributed by atoms with Gasteiger partial charge in [-0.3, -0.25) is 9.78 Å². The van der Waals surface area contributed by atoms with E-state index in [2.05, 4.69) is 22.2 Å². The first-order valence-corrected chi connectivity index (χ1v) is 11.5. The van der Waals surface area contributed by atoms with Crippen LogP contribution in [0.4, 0.5) is 5.82 Å². The van der Waals surface area contributed by atoms with Crippen molar-refractivity contribution < 1.29 is 14.3 Å². The van der Waals surface area contributed by atoms with Crippen LogP contribution in [0.25, 0.3) is 0 Å². The molecule has 0 saturated carbocycles. The van der Waals surface area contributed by atoms with Crippen molar-refractivity contribution in [3.8, 4) is 11.5 Å². The number of aryl methyl sites for hydroxylation is 1. The van der Waals surface area contributed by atoms with Crippen molar-refractivity contribution in [3.63, 3.8) is 0 Å². The number of ether oxygens (including phenoxy) is 2. The van der Waals surface area contributed by atoms with E-state index in [0.717, 1.165) is 35.9 Å². The highest BCUT2D eigenvalue weighted by Crippen LogP contribution is 2.35. The summed E-state index contributed by atoms with van der Waals surface area (Å²) in [4.78, 5) is 28.8. The molecular weight excluding hydrogens is 430 g/mol. The molecule has 0 radical (unpaired) electrons. The maximum Gasteiger partial charge on any atom is 0.254 e. The van der Waals surface area contributed by atoms with Gasteiger partial charge >= 0.3 is 0 Å². The number of amides is 1. The van der Waals surface area contributed by atoms with Gasteiger partial charge < -0.3 is 19.7 Å². The lowest BCUT2D eigenvalue weighted by atomic mass is 9.78. The van der Waals surface area contributed by atoms with Gasteiger partial charge in [0.05, 0.1) is 18.5 Å². The molecule has 2 aromatic heterocycles. The number of hydrogen-bond donors (Lipinski definition) is 1. The van der Waals surface area contributed by atoms with Crippen molar-refractivity contribution in [1.82, 2.24) is 19.9 Å². The number of pyridine rings is 1. The van der Waals surface area contributed by atoms with Gasteiger partial charge in [-0.25, -0.2) is 9.97 Å². The average molecular weight is 462 g/mol. The number of methoxy groups -OCH3 is 1. The van der Waals surface area contributed by atoms with Gasteiger partial charge in [-0.15, -0.1) is 0 Å². The molecule has 8 nitrogen and oxygen atoms in total. The van der Waals surface area contributed by atoms with Crippen LogP contribution in [-0.2, 0) is 12.0 Å². The molecule has 1 N–H and O–H groups in total. The summed E-state index contributed by atoms with van der Waals surface area (Å²) in [6.45, 7) is 5.64. The highest BCUT2D eigenvalue weighted by atomic mass is 16.5. The normalized spacial score (nSPS) is 17.8.